The topological polar surface area (TPSA) is 116 Å². The minimum atomic E-state index is -4.79. The number of pyridine rings is 1. The summed E-state index contributed by atoms with van der Waals surface area (Å²) in [5, 5.41) is 4.32. The van der Waals surface area contributed by atoms with Crippen LogP contribution in [0.4, 0.5) is 13.2 Å². The van der Waals surface area contributed by atoms with E-state index in [2.05, 4.69) is 15.1 Å². The Bertz CT molecular complexity index is 1250. The molecule has 2 aromatic heterocycles. The van der Waals surface area contributed by atoms with Gasteiger partial charge >= 0.3 is 6.18 Å². The van der Waals surface area contributed by atoms with Gasteiger partial charge < -0.3 is 29.4 Å². The molecule has 1 aliphatic heterocycles. The maximum atomic E-state index is 14.0. The highest BCUT2D eigenvalue weighted by atomic mass is 35.5. The summed E-state index contributed by atoms with van der Waals surface area (Å²) in [5.41, 5.74) is 5.29. The van der Waals surface area contributed by atoms with Gasteiger partial charge in [0.25, 0.3) is 0 Å². The smallest absolute Gasteiger partial charge is 0.359 e. The number of nitrogens with zero attached hydrogens (tertiary/aromatic N) is 4. The van der Waals surface area contributed by atoms with E-state index in [1.54, 1.807) is 6.92 Å². The van der Waals surface area contributed by atoms with Crippen molar-refractivity contribution in [3.8, 4) is 5.69 Å². The predicted octanol–water partition coefficient (Wildman–Crippen LogP) is 4.41. The highest BCUT2D eigenvalue weighted by molar-refractivity contribution is 6.30. The van der Waals surface area contributed by atoms with Gasteiger partial charge in [0, 0.05) is 31.8 Å². The van der Waals surface area contributed by atoms with Crippen LogP contribution < -0.4 is 5.73 Å². The standard InChI is InChI=1S/C26H31ClF3N5O5/c1-4-21-33-24(35(34-21)18-10-17(27)12-32-23(18)26(28,29)30)22(19(11-31)38-14-36-3)40-20-13-37-25(39-15(20)2)16-8-6-5-7-9-16/h5-10,12,15,19-20,22,25H,4,11,13-14,31H2,1-3H3/t15?,19-,20?,22?,25?/m0/s1. The van der Waals surface area contributed by atoms with Crippen molar-refractivity contribution in [3.05, 3.63) is 70.5 Å². The number of methoxy groups -OCH3 is 1. The van der Waals surface area contributed by atoms with E-state index in [-0.39, 0.29) is 36.6 Å². The second-order valence-corrected chi connectivity index (χ2v) is 9.47. The third kappa shape index (κ3) is 6.97. The molecule has 10 nitrogen and oxygen atoms in total. The normalized spacial score (nSPS) is 21.4. The molecule has 0 bridgehead atoms. The molecule has 0 saturated carbocycles. The SMILES string of the molecule is CCc1nc(C(OC2COC(c3ccccc3)OC2C)[C@H](CN)OCOC)n(-c2cc(Cl)cnc2C(F)(F)F)n1. The van der Waals surface area contributed by atoms with Gasteiger partial charge in [0.1, 0.15) is 25.1 Å². The summed E-state index contributed by atoms with van der Waals surface area (Å²) in [4.78, 5) is 8.06. The maximum absolute atomic E-state index is 14.0. The highest BCUT2D eigenvalue weighted by Gasteiger charge is 2.41. The summed E-state index contributed by atoms with van der Waals surface area (Å²) in [5.74, 6) is 0.294. The first-order valence-corrected chi connectivity index (χ1v) is 13.0. The molecule has 218 valence electrons. The molecule has 1 saturated heterocycles. The molecule has 4 unspecified atom stereocenters. The van der Waals surface area contributed by atoms with Crippen LogP contribution in [0.1, 0.15) is 49.1 Å². The van der Waals surface area contributed by atoms with Gasteiger partial charge in [0.05, 0.1) is 23.4 Å². The van der Waals surface area contributed by atoms with Gasteiger partial charge in [-0.2, -0.15) is 18.3 Å². The van der Waals surface area contributed by atoms with Gasteiger partial charge in [-0.1, -0.05) is 48.9 Å². The first kappa shape index (κ1) is 30.3. The van der Waals surface area contributed by atoms with E-state index in [1.165, 1.54) is 7.11 Å². The summed E-state index contributed by atoms with van der Waals surface area (Å²) in [7, 11) is 1.43. The number of nitrogens with two attached hydrogens (primary N) is 1. The van der Waals surface area contributed by atoms with Crippen LogP contribution in [0.5, 0.6) is 0 Å². The lowest BCUT2D eigenvalue weighted by atomic mass is 10.1. The molecule has 0 radical (unpaired) electrons. The molecule has 1 fully saturated rings. The van der Waals surface area contributed by atoms with E-state index in [4.69, 9.17) is 41.0 Å². The Balaban J connectivity index is 1.73. The maximum Gasteiger partial charge on any atom is 0.435 e. The number of rotatable bonds is 11. The average Bonchev–Trinajstić information content (AvgIpc) is 3.37. The van der Waals surface area contributed by atoms with E-state index >= 15 is 0 Å². The van der Waals surface area contributed by atoms with Crippen molar-refractivity contribution in [3.63, 3.8) is 0 Å². The van der Waals surface area contributed by atoms with Crippen LogP contribution in [0.15, 0.2) is 42.6 Å². The lowest BCUT2D eigenvalue weighted by molar-refractivity contribution is -0.277. The van der Waals surface area contributed by atoms with E-state index in [9.17, 15) is 13.2 Å². The summed E-state index contributed by atoms with van der Waals surface area (Å²) >= 11 is 6.07. The predicted molar refractivity (Wildman–Crippen MR) is 138 cm³/mol. The number of benzene rings is 1. The Morgan fingerprint density at radius 3 is 2.62 bits per heavy atom. The van der Waals surface area contributed by atoms with E-state index in [0.29, 0.717) is 6.42 Å². The van der Waals surface area contributed by atoms with Crippen molar-refractivity contribution < 1.29 is 36.9 Å². The molecule has 4 rings (SSSR count). The van der Waals surface area contributed by atoms with Crippen LogP contribution in [-0.4, -0.2) is 65.1 Å². The second kappa shape index (κ2) is 13.3. The quantitative estimate of drug-likeness (QED) is 0.327. The average molecular weight is 586 g/mol. The number of ether oxygens (including phenoxy) is 5. The molecule has 3 aromatic rings. The third-order valence-electron chi connectivity index (χ3n) is 6.21. The number of aromatic nitrogens is 4. The van der Waals surface area contributed by atoms with E-state index < -0.39 is 48.3 Å². The molecule has 40 heavy (non-hydrogen) atoms. The molecular formula is C26H31ClF3N5O5. The van der Waals surface area contributed by atoms with Crippen molar-refractivity contribution in [2.75, 3.05) is 27.1 Å². The number of hydrogen-bond donors (Lipinski definition) is 1. The fraction of sp³-hybridized carbons (Fsp3) is 0.500. The van der Waals surface area contributed by atoms with E-state index in [0.717, 1.165) is 22.5 Å². The summed E-state index contributed by atoms with van der Waals surface area (Å²) in [6, 6.07) is 10.5. The number of aryl methyl sites for hydroxylation is 1. The van der Waals surface area contributed by atoms with Gasteiger partial charge in [-0.3, -0.25) is 0 Å². The van der Waals surface area contributed by atoms with Crippen molar-refractivity contribution in [2.24, 2.45) is 5.73 Å². The van der Waals surface area contributed by atoms with Crippen LogP contribution in [0, 0.1) is 0 Å². The van der Waals surface area contributed by atoms with E-state index in [1.807, 2.05) is 37.3 Å². The van der Waals surface area contributed by atoms with Crippen molar-refractivity contribution >= 4 is 11.6 Å². The minimum Gasteiger partial charge on any atom is -0.359 e. The molecular weight excluding hydrogens is 555 g/mol. The Morgan fingerprint density at radius 1 is 1.25 bits per heavy atom. The fourth-order valence-electron chi connectivity index (χ4n) is 4.20. The van der Waals surface area contributed by atoms with Gasteiger partial charge in [-0.25, -0.2) is 14.6 Å². The lowest BCUT2D eigenvalue weighted by Gasteiger charge is -2.37. The van der Waals surface area contributed by atoms with Gasteiger partial charge in [0.2, 0.25) is 0 Å². The fourth-order valence-corrected chi connectivity index (χ4v) is 4.35. The van der Waals surface area contributed by atoms with Gasteiger partial charge in [0.15, 0.2) is 23.6 Å². The molecule has 1 aliphatic rings. The van der Waals surface area contributed by atoms with Crippen LogP contribution in [0.2, 0.25) is 5.02 Å². The van der Waals surface area contributed by atoms with Crippen molar-refractivity contribution in [2.45, 2.75) is 57.2 Å². The third-order valence-corrected chi connectivity index (χ3v) is 6.42. The van der Waals surface area contributed by atoms with Crippen LogP contribution in [-0.2, 0) is 36.3 Å². The molecule has 3 heterocycles. The summed E-state index contributed by atoms with van der Waals surface area (Å²) in [6.07, 6.45) is -7.24. The largest absolute Gasteiger partial charge is 0.435 e. The van der Waals surface area contributed by atoms with Crippen molar-refractivity contribution in [1.29, 1.82) is 0 Å². The van der Waals surface area contributed by atoms with Gasteiger partial charge in [-0.05, 0) is 13.0 Å². The van der Waals surface area contributed by atoms with Crippen LogP contribution in [0.25, 0.3) is 5.69 Å². The van der Waals surface area contributed by atoms with Crippen molar-refractivity contribution in [1.82, 2.24) is 19.7 Å². The molecule has 0 aliphatic carbocycles. The zero-order chi connectivity index (χ0) is 28.9. The summed E-state index contributed by atoms with van der Waals surface area (Å²) < 4.78 is 72.3. The first-order valence-electron chi connectivity index (χ1n) is 12.6. The summed E-state index contributed by atoms with van der Waals surface area (Å²) in [6.45, 7) is 3.50. The zero-order valence-corrected chi connectivity index (χ0v) is 22.9. The van der Waals surface area contributed by atoms with Gasteiger partial charge in [-0.15, -0.1) is 0 Å². The second-order valence-electron chi connectivity index (χ2n) is 9.03. The number of alkyl halides is 3. The molecule has 0 spiro atoms. The monoisotopic (exact) mass is 585 g/mol. The molecule has 14 heteroatoms. The van der Waals surface area contributed by atoms with Crippen LogP contribution in [0.3, 0.4) is 0 Å². The molecule has 1 aromatic carbocycles. The zero-order valence-electron chi connectivity index (χ0n) is 22.2. The molecule has 2 N–H and O–H groups in total. The first-order chi connectivity index (χ1) is 19.2. The number of hydrogen-bond acceptors (Lipinski definition) is 9. The Morgan fingerprint density at radius 2 is 2.00 bits per heavy atom. The number of halogens is 4. The highest BCUT2D eigenvalue weighted by Crippen LogP contribution is 2.36. The Labute approximate surface area is 234 Å². The molecule has 5 atom stereocenters. The minimum absolute atomic E-state index is 0.0133. The lowest BCUT2D eigenvalue weighted by Crippen LogP contribution is -2.44. The van der Waals surface area contributed by atoms with Crippen LogP contribution >= 0.6 is 11.6 Å². The Kier molecular flexibility index (Phi) is 10.1. The molecule has 0 amide bonds. The Hall–Kier alpha value is -2.65.